The molecule has 0 bridgehead atoms. The van der Waals surface area contributed by atoms with Gasteiger partial charge >= 0.3 is 0 Å². The summed E-state index contributed by atoms with van der Waals surface area (Å²) in [7, 11) is 2.98. The number of nitro benzene ring substituents is 1. The van der Waals surface area contributed by atoms with Crippen molar-refractivity contribution in [2.45, 2.75) is 19.4 Å². The lowest BCUT2D eigenvalue weighted by Gasteiger charge is -2.36. The normalized spacial score (nSPS) is 22.0. The van der Waals surface area contributed by atoms with E-state index in [-0.39, 0.29) is 17.6 Å². The summed E-state index contributed by atoms with van der Waals surface area (Å²) < 4.78 is 10.4. The van der Waals surface area contributed by atoms with Crippen LogP contribution < -0.4 is 20.1 Å². The number of piperidine rings is 1. The van der Waals surface area contributed by atoms with Crippen molar-refractivity contribution in [3.8, 4) is 11.5 Å². The van der Waals surface area contributed by atoms with Crippen LogP contribution in [0.25, 0.3) is 0 Å². The van der Waals surface area contributed by atoms with Crippen LogP contribution in [0.5, 0.6) is 11.5 Å². The summed E-state index contributed by atoms with van der Waals surface area (Å²) >= 11 is 0. The minimum Gasteiger partial charge on any atom is -0.493 e. The van der Waals surface area contributed by atoms with Gasteiger partial charge in [-0.25, -0.2) is 0 Å². The van der Waals surface area contributed by atoms with E-state index in [4.69, 9.17) is 15.2 Å². The molecule has 0 aliphatic carbocycles. The Hall–Kier alpha value is -2.02. The molecule has 2 rings (SSSR count). The summed E-state index contributed by atoms with van der Waals surface area (Å²) in [6, 6.07) is 3.22. The fourth-order valence-corrected chi connectivity index (χ4v) is 2.64. The molecule has 0 saturated carbocycles. The van der Waals surface area contributed by atoms with Crippen LogP contribution in [0.1, 0.15) is 13.3 Å². The number of hydrogen-bond acceptors (Lipinski definition) is 6. The van der Waals surface area contributed by atoms with Gasteiger partial charge < -0.3 is 20.1 Å². The Labute approximate surface area is 123 Å². The first-order valence-electron chi connectivity index (χ1n) is 6.88. The van der Waals surface area contributed by atoms with Crippen LogP contribution in [0.4, 0.5) is 11.4 Å². The molecule has 21 heavy (non-hydrogen) atoms. The Kier molecular flexibility index (Phi) is 4.52. The van der Waals surface area contributed by atoms with E-state index in [0.29, 0.717) is 30.3 Å². The van der Waals surface area contributed by atoms with Gasteiger partial charge in [-0.2, -0.15) is 0 Å². The van der Waals surface area contributed by atoms with Gasteiger partial charge in [0.15, 0.2) is 11.5 Å². The van der Waals surface area contributed by atoms with Crippen molar-refractivity contribution in [3.63, 3.8) is 0 Å². The van der Waals surface area contributed by atoms with Gasteiger partial charge in [0.1, 0.15) is 5.69 Å². The average molecular weight is 295 g/mol. The number of nitro groups is 1. The highest BCUT2D eigenvalue weighted by Gasteiger charge is 2.29. The first-order chi connectivity index (χ1) is 9.97. The largest absolute Gasteiger partial charge is 0.493 e. The highest BCUT2D eigenvalue weighted by molar-refractivity contribution is 5.70. The van der Waals surface area contributed by atoms with E-state index in [1.807, 2.05) is 4.90 Å². The summed E-state index contributed by atoms with van der Waals surface area (Å²) in [6.45, 7) is 3.45. The molecule has 1 aliphatic rings. The molecule has 0 radical (unpaired) electrons. The number of rotatable bonds is 4. The molecule has 1 aromatic rings. The van der Waals surface area contributed by atoms with Gasteiger partial charge in [-0.1, -0.05) is 6.92 Å². The molecule has 7 heteroatoms. The number of hydrogen-bond donors (Lipinski definition) is 1. The third-order valence-corrected chi connectivity index (χ3v) is 3.99. The summed E-state index contributed by atoms with van der Waals surface area (Å²) in [4.78, 5) is 12.9. The monoisotopic (exact) mass is 295 g/mol. The molecule has 2 atom stereocenters. The second kappa shape index (κ2) is 6.17. The minimum absolute atomic E-state index is 0.0234. The van der Waals surface area contributed by atoms with E-state index in [2.05, 4.69) is 6.92 Å². The van der Waals surface area contributed by atoms with E-state index in [9.17, 15) is 10.1 Å². The van der Waals surface area contributed by atoms with E-state index in [1.165, 1.54) is 20.3 Å². The van der Waals surface area contributed by atoms with Crippen molar-refractivity contribution in [3.05, 3.63) is 22.2 Å². The van der Waals surface area contributed by atoms with Crippen LogP contribution >= 0.6 is 0 Å². The Morgan fingerprint density at radius 1 is 1.33 bits per heavy atom. The fraction of sp³-hybridized carbons (Fsp3) is 0.571. The fourth-order valence-electron chi connectivity index (χ4n) is 2.64. The molecular formula is C14H21N3O4. The summed E-state index contributed by atoms with van der Waals surface area (Å²) in [6.07, 6.45) is 0.812. The van der Waals surface area contributed by atoms with Crippen molar-refractivity contribution in [2.24, 2.45) is 11.7 Å². The lowest BCUT2D eigenvalue weighted by atomic mass is 9.94. The van der Waals surface area contributed by atoms with Crippen LogP contribution in [-0.2, 0) is 0 Å². The molecule has 1 aromatic carbocycles. The lowest BCUT2D eigenvalue weighted by Crippen LogP contribution is -2.46. The predicted molar refractivity (Wildman–Crippen MR) is 80.2 cm³/mol. The van der Waals surface area contributed by atoms with E-state index >= 15 is 0 Å². The Balaban J connectivity index is 2.43. The van der Waals surface area contributed by atoms with E-state index in [0.717, 1.165) is 6.42 Å². The van der Waals surface area contributed by atoms with Gasteiger partial charge in [0.25, 0.3) is 5.69 Å². The second-order valence-electron chi connectivity index (χ2n) is 5.33. The molecule has 2 unspecified atom stereocenters. The number of ether oxygens (including phenoxy) is 2. The molecule has 0 spiro atoms. The molecule has 2 N–H and O–H groups in total. The molecule has 0 aromatic heterocycles. The third kappa shape index (κ3) is 3.02. The van der Waals surface area contributed by atoms with Crippen LogP contribution in [-0.4, -0.2) is 38.3 Å². The molecule has 1 heterocycles. The maximum atomic E-state index is 11.3. The third-order valence-electron chi connectivity index (χ3n) is 3.99. The van der Waals surface area contributed by atoms with Crippen molar-refractivity contribution >= 4 is 11.4 Å². The van der Waals surface area contributed by atoms with Crippen molar-refractivity contribution in [1.29, 1.82) is 0 Å². The van der Waals surface area contributed by atoms with Crippen molar-refractivity contribution in [1.82, 2.24) is 0 Å². The zero-order chi connectivity index (χ0) is 15.6. The number of anilines is 1. The summed E-state index contributed by atoms with van der Waals surface area (Å²) in [5.74, 6) is 1.13. The molecule has 1 saturated heterocycles. The molecule has 116 valence electrons. The summed E-state index contributed by atoms with van der Waals surface area (Å²) in [5, 5.41) is 11.3. The first kappa shape index (κ1) is 15.4. The Bertz CT molecular complexity index is 535. The van der Waals surface area contributed by atoms with Gasteiger partial charge in [-0.05, 0) is 12.3 Å². The van der Waals surface area contributed by atoms with Gasteiger partial charge in [-0.3, -0.25) is 10.1 Å². The number of benzene rings is 1. The van der Waals surface area contributed by atoms with Crippen LogP contribution in [0.3, 0.4) is 0 Å². The maximum Gasteiger partial charge on any atom is 0.296 e. The zero-order valence-corrected chi connectivity index (χ0v) is 12.5. The molecule has 0 amide bonds. The zero-order valence-electron chi connectivity index (χ0n) is 12.5. The van der Waals surface area contributed by atoms with Crippen LogP contribution in [0, 0.1) is 16.0 Å². The van der Waals surface area contributed by atoms with Crippen molar-refractivity contribution in [2.75, 3.05) is 32.2 Å². The van der Waals surface area contributed by atoms with Gasteiger partial charge in [-0.15, -0.1) is 0 Å². The number of methoxy groups -OCH3 is 2. The van der Waals surface area contributed by atoms with Crippen molar-refractivity contribution < 1.29 is 14.4 Å². The van der Waals surface area contributed by atoms with Gasteiger partial charge in [0.2, 0.25) is 0 Å². The van der Waals surface area contributed by atoms with E-state index in [1.54, 1.807) is 6.07 Å². The molecular weight excluding hydrogens is 274 g/mol. The molecule has 1 aliphatic heterocycles. The summed E-state index contributed by atoms with van der Waals surface area (Å²) in [5.41, 5.74) is 6.59. The molecule has 1 fully saturated rings. The standard InChI is InChI=1S/C14H21N3O4/c1-9-8-16(5-4-10(9)15)11-6-13(20-2)14(21-3)7-12(11)17(18)19/h6-7,9-10H,4-5,8,15H2,1-3H3. The van der Waals surface area contributed by atoms with E-state index < -0.39 is 4.92 Å². The highest BCUT2D eigenvalue weighted by atomic mass is 16.6. The average Bonchev–Trinajstić information content (AvgIpc) is 2.48. The maximum absolute atomic E-state index is 11.3. The molecule has 7 nitrogen and oxygen atoms in total. The SMILES string of the molecule is COc1cc(N2CCC(N)C(C)C2)c([N+](=O)[O-])cc1OC. The second-order valence-corrected chi connectivity index (χ2v) is 5.33. The Morgan fingerprint density at radius 2 is 1.95 bits per heavy atom. The minimum atomic E-state index is -0.392. The van der Waals surface area contributed by atoms with Crippen LogP contribution in [0.2, 0.25) is 0 Å². The van der Waals surface area contributed by atoms with Gasteiger partial charge in [0, 0.05) is 25.2 Å². The highest BCUT2D eigenvalue weighted by Crippen LogP contribution is 2.40. The smallest absolute Gasteiger partial charge is 0.296 e. The first-order valence-corrected chi connectivity index (χ1v) is 6.88. The topological polar surface area (TPSA) is 90.9 Å². The predicted octanol–water partition coefficient (Wildman–Crippen LogP) is 1.79. The van der Waals surface area contributed by atoms with Gasteiger partial charge in [0.05, 0.1) is 25.2 Å². The Morgan fingerprint density at radius 3 is 2.48 bits per heavy atom. The lowest BCUT2D eigenvalue weighted by molar-refractivity contribution is -0.384. The number of nitrogens with zero attached hydrogens (tertiary/aromatic N) is 2. The van der Waals surface area contributed by atoms with Crippen LogP contribution in [0.15, 0.2) is 12.1 Å². The quantitative estimate of drug-likeness (QED) is 0.672. The number of nitrogens with two attached hydrogens (primary N) is 1.